The number of amides is 2. The van der Waals surface area contributed by atoms with Gasteiger partial charge in [-0.25, -0.2) is 9.78 Å². The summed E-state index contributed by atoms with van der Waals surface area (Å²) in [5.74, 6) is 1.18. The fourth-order valence-corrected chi connectivity index (χ4v) is 2.94. The number of carbonyl (C=O) groups is 1. The van der Waals surface area contributed by atoms with Gasteiger partial charge in [-0.3, -0.25) is 0 Å². The van der Waals surface area contributed by atoms with E-state index in [4.69, 9.17) is 11.6 Å². The Morgan fingerprint density at radius 2 is 1.53 bits per heavy atom. The summed E-state index contributed by atoms with van der Waals surface area (Å²) in [6.45, 7) is 1.86. The van der Waals surface area contributed by atoms with Crippen molar-refractivity contribution in [3.8, 4) is 0 Å². The molecule has 1 aromatic heterocycles. The quantitative estimate of drug-likeness (QED) is 0.437. The van der Waals surface area contributed by atoms with Crippen molar-refractivity contribution < 1.29 is 18.0 Å². The summed E-state index contributed by atoms with van der Waals surface area (Å²) < 4.78 is 38.9. The molecule has 1 heterocycles. The van der Waals surface area contributed by atoms with Gasteiger partial charge in [0.05, 0.1) is 10.6 Å². The van der Waals surface area contributed by atoms with Crippen molar-refractivity contribution in [2.75, 3.05) is 34.9 Å². The van der Waals surface area contributed by atoms with E-state index in [0.717, 1.165) is 23.6 Å². The Morgan fingerprint density at radius 1 is 0.938 bits per heavy atom. The number of nitrogens with one attached hydrogen (secondary N) is 3. The number of anilines is 5. The van der Waals surface area contributed by atoms with Crippen LogP contribution in [0, 0.1) is 6.92 Å². The minimum absolute atomic E-state index is 0.0363. The lowest BCUT2D eigenvalue weighted by molar-refractivity contribution is -0.137. The van der Waals surface area contributed by atoms with E-state index in [1.165, 1.54) is 6.07 Å². The number of aryl methyl sites for hydroxylation is 1. The summed E-state index contributed by atoms with van der Waals surface area (Å²) in [4.78, 5) is 22.8. The average molecular weight is 465 g/mol. The van der Waals surface area contributed by atoms with Crippen LogP contribution in [0.5, 0.6) is 0 Å². The van der Waals surface area contributed by atoms with Gasteiger partial charge in [-0.2, -0.15) is 18.2 Å². The lowest BCUT2D eigenvalue weighted by Crippen LogP contribution is -2.20. The van der Waals surface area contributed by atoms with Gasteiger partial charge < -0.3 is 20.9 Å². The molecule has 168 valence electrons. The van der Waals surface area contributed by atoms with E-state index in [9.17, 15) is 18.0 Å². The molecule has 0 atom stereocenters. The van der Waals surface area contributed by atoms with Crippen LogP contribution in [0.15, 0.2) is 48.5 Å². The fraction of sp³-hybridized carbons (Fsp3) is 0.190. The second kappa shape index (κ2) is 9.31. The lowest BCUT2D eigenvalue weighted by atomic mass is 10.2. The van der Waals surface area contributed by atoms with E-state index in [1.807, 2.05) is 32.0 Å². The van der Waals surface area contributed by atoms with Crippen LogP contribution in [0.3, 0.4) is 0 Å². The first-order valence-electron chi connectivity index (χ1n) is 9.36. The highest BCUT2D eigenvalue weighted by atomic mass is 35.5. The number of urea groups is 1. The van der Waals surface area contributed by atoms with Crippen LogP contribution in [-0.4, -0.2) is 30.1 Å². The summed E-state index contributed by atoms with van der Waals surface area (Å²) in [5.41, 5.74) is 0.877. The smallest absolute Gasteiger partial charge is 0.363 e. The van der Waals surface area contributed by atoms with Crippen LogP contribution in [-0.2, 0) is 6.18 Å². The third-order valence-corrected chi connectivity index (χ3v) is 4.56. The molecule has 2 aromatic carbocycles. The van der Waals surface area contributed by atoms with Crippen molar-refractivity contribution >= 4 is 46.5 Å². The van der Waals surface area contributed by atoms with Crippen molar-refractivity contribution in [1.29, 1.82) is 0 Å². The SMILES string of the molecule is Cc1cc(N(C)C)nc(Nc2ccc(NC(=O)Nc3ccc(Cl)c(C(F)(F)F)c3)cc2)n1. The highest BCUT2D eigenvalue weighted by Gasteiger charge is 2.33. The first kappa shape index (κ1) is 23.1. The van der Waals surface area contributed by atoms with Crippen molar-refractivity contribution in [2.24, 2.45) is 0 Å². The van der Waals surface area contributed by atoms with E-state index in [2.05, 4.69) is 25.9 Å². The Bertz CT molecular complexity index is 1120. The molecular formula is C21H20ClF3N6O. The number of hydrogen-bond donors (Lipinski definition) is 3. The predicted octanol–water partition coefficient (Wildman–Crippen LogP) is 5.91. The second-order valence-corrected chi connectivity index (χ2v) is 7.47. The van der Waals surface area contributed by atoms with Gasteiger partial charge in [0.15, 0.2) is 0 Å². The van der Waals surface area contributed by atoms with Crippen LogP contribution in [0.1, 0.15) is 11.3 Å². The third-order valence-electron chi connectivity index (χ3n) is 4.23. The van der Waals surface area contributed by atoms with Crippen LogP contribution >= 0.6 is 11.6 Å². The van der Waals surface area contributed by atoms with Gasteiger partial charge in [0.25, 0.3) is 0 Å². The Kier molecular flexibility index (Phi) is 6.73. The largest absolute Gasteiger partial charge is 0.417 e. The molecule has 0 aliphatic carbocycles. The van der Waals surface area contributed by atoms with E-state index in [1.54, 1.807) is 24.3 Å². The molecule has 0 saturated heterocycles. The molecular weight excluding hydrogens is 445 g/mol. The first-order chi connectivity index (χ1) is 15.0. The number of benzene rings is 2. The van der Waals surface area contributed by atoms with Crippen LogP contribution in [0.4, 0.5) is 46.8 Å². The number of carbonyl (C=O) groups excluding carboxylic acids is 1. The van der Waals surface area contributed by atoms with Crippen molar-refractivity contribution in [3.05, 3.63) is 64.8 Å². The highest BCUT2D eigenvalue weighted by molar-refractivity contribution is 6.31. The van der Waals surface area contributed by atoms with Crippen LogP contribution in [0.25, 0.3) is 0 Å². The maximum atomic E-state index is 13.0. The molecule has 0 aliphatic rings. The molecule has 0 spiro atoms. The number of aromatic nitrogens is 2. The molecule has 0 bridgehead atoms. The topological polar surface area (TPSA) is 82.2 Å². The van der Waals surface area contributed by atoms with Gasteiger partial charge in [-0.15, -0.1) is 0 Å². The summed E-state index contributed by atoms with van der Waals surface area (Å²) in [6.07, 6.45) is -4.62. The monoisotopic (exact) mass is 464 g/mol. The van der Waals surface area contributed by atoms with Crippen LogP contribution < -0.4 is 20.9 Å². The van der Waals surface area contributed by atoms with Gasteiger partial charge in [-0.1, -0.05) is 11.6 Å². The van der Waals surface area contributed by atoms with E-state index in [-0.39, 0.29) is 5.69 Å². The zero-order valence-electron chi connectivity index (χ0n) is 17.4. The average Bonchev–Trinajstić information content (AvgIpc) is 2.69. The van der Waals surface area contributed by atoms with Gasteiger partial charge in [0.2, 0.25) is 5.95 Å². The molecule has 11 heteroatoms. The molecule has 3 aromatic rings. The molecule has 0 saturated carbocycles. The number of hydrogen-bond acceptors (Lipinski definition) is 5. The zero-order valence-corrected chi connectivity index (χ0v) is 18.1. The lowest BCUT2D eigenvalue weighted by Gasteiger charge is -2.14. The summed E-state index contributed by atoms with van der Waals surface area (Å²) in [6, 6.07) is 11.0. The Balaban J connectivity index is 1.64. The first-order valence-corrected chi connectivity index (χ1v) is 9.74. The molecule has 32 heavy (non-hydrogen) atoms. The standard InChI is InChI=1S/C21H20ClF3N6O/c1-12-10-18(31(2)3)30-19(26-12)27-13-4-6-14(7-5-13)28-20(32)29-15-8-9-17(22)16(11-15)21(23,24)25/h4-11H,1-3H3,(H,26,27,30)(H2,28,29,32). The Labute approximate surface area is 187 Å². The van der Waals surface area contributed by atoms with Crippen molar-refractivity contribution in [2.45, 2.75) is 13.1 Å². The van der Waals surface area contributed by atoms with Crippen molar-refractivity contribution in [1.82, 2.24) is 9.97 Å². The summed E-state index contributed by atoms with van der Waals surface area (Å²) in [5, 5.41) is 7.56. The predicted molar refractivity (Wildman–Crippen MR) is 120 cm³/mol. The molecule has 0 fully saturated rings. The maximum absolute atomic E-state index is 13.0. The molecule has 7 nitrogen and oxygen atoms in total. The molecule has 2 amide bonds. The number of rotatable bonds is 5. The number of alkyl halides is 3. The maximum Gasteiger partial charge on any atom is 0.417 e. The normalized spacial score (nSPS) is 11.1. The minimum Gasteiger partial charge on any atom is -0.363 e. The van der Waals surface area contributed by atoms with Gasteiger partial charge in [0.1, 0.15) is 5.82 Å². The molecule has 0 radical (unpaired) electrons. The fourth-order valence-electron chi connectivity index (χ4n) is 2.72. The Morgan fingerprint density at radius 3 is 2.16 bits per heavy atom. The third kappa shape index (κ3) is 6.01. The number of nitrogens with zero attached hydrogens (tertiary/aromatic N) is 3. The second-order valence-electron chi connectivity index (χ2n) is 7.06. The van der Waals surface area contributed by atoms with E-state index >= 15 is 0 Å². The Hall–Kier alpha value is -3.53. The van der Waals surface area contributed by atoms with Crippen molar-refractivity contribution in [3.63, 3.8) is 0 Å². The zero-order chi connectivity index (χ0) is 23.5. The molecule has 0 aliphatic heterocycles. The highest BCUT2D eigenvalue weighted by Crippen LogP contribution is 2.36. The van der Waals surface area contributed by atoms with E-state index < -0.39 is 22.8 Å². The molecule has 0 unspecified atom stereocenters. The summed E-state index contributed by atoms with van der Waals surface area (Å²) in [7, 11) is 3.76. The molecule has 3 rings (SSSR count). The number of halogens is 4. The van der Waals surface area contributed by atoms with E-state index in [0.29, 0.717) is 17.3 Å². The minimum atomic E-state index is -4.62. The van der Waals surface area contributed by atoms with Gasteiger partial charge >= 0.3 is 12.2 Å². The van der Waals surface area contributed by atoms with Gasteiger partial charge in [0, 0.05) is 42.9 Å². The van der Waals surface area contributed by atoms with Crippen LogP contribution in [0.2, 0.25) is 5.02 Å². The summed E-state index contributed by atoms with van der Waals surface area (Å²) >= 11 is 5.59. The van der Waals surface area contributed by atoms with Gasteiger partial charge in [-0.05, 0) is 49.4 Å². The molecule has 3 N–H and O–H groups in total.